The summed E-state index contributed by atoms with van der Waals surface area (Å²) < 4.78 is 5.29. The Morgan fingerprint density at radius 3 is 2.33 bits per heavy atom. The Morgan fingerprint density at radius 2 is 1.87 bits per heavy atom. The van der Waals surface area contributed by atoms with E-state index in [4.69, 9.17) is 10.5 Å². The number of benzene rings is 1. The van der Waals surface area contributed by atoms with E-state index in [9.17, 15) is 0 Å². The average Bonchev–Trinajstić information content (AvgIpc) is 2.29. The van der Waals surface area contributed by atoms with Crippen molar-refractivity contribution in [2.45, 2.75) is 26.3 Å². The maximum Gasteiger partial charge on any atom is 0.0959 e. The highest BCUT2D eigenvalue weighted by Gasteiger charge is 1.98. The van der Waals surface area contributed by atoms with Gasteiger partial charge >= 0.3 is 0 Å². The molecule has 0 unspecified atom stereocenters. The molecule has 0 saturated carbocycles. The monoisotopic (exact) mass is 205 g/mol. The smallest absolute Gasteiger partial charge is 0.0959 e. The molecule has 82 valence electrons. The van der Waals surface area contributed by atoms with E-state index in [2.05, 4.69) is 37.3 Å². The van der Waals surface area contributed by atoms with Crippen LogP contribution in [0.3, 0.4) is 0 Å². The van der Waals surface area contributed by atoms with E-state index in [0.29, 0.717) is 6.54 Å². The van der Waals surface area contributed by atoms with Crippen molar-refractivity contribution >= 4 is 0 Å². The zero-order valence-corrected chi connectivity index (χ0v) is 9.49. The molecule has 0 aliphatic carbocycles. The molecular formula is C13H19NO. The number of ether oxygens (including phenoxy) is 1. The number of hydrogen-bond donors (Lipinski definition) is 1. The Hall–Kier alpha value is -1.28. The van der Waals surface area contributed by atoms with Crippen LogP contribution in [0, 0.1) is 0 Å². The zero-order chi connectivity index (χ0) is 11.1. The van der Waals surface area contributed by atoms with Crippen molar-refractivity contribution in [2.75, 3.05) is 7.11 Å². The summed E-state index contributed by atoms with van der Waals surface area (Å²) in [7, 11) is 1.72. The second-order valence-corrected chi connectivity index (χ2v) is 3.48. The minimum atomic E-state index is 0.599. The Kier molecular flexibility index (Phi) is 4.91. The van der Waals surface area contributed by atoms with Crippen molar-refractivity contribution in [1.29, 1.82) is 0 Å². The summed E-state index contributed by atoms with van der Waals surface area (Å²) in [5.74, 6) is 1.03. The molecule has 0 atom stereocenters. The van der Waals surface area contributed by atoms with Crippen molar-refractivity contribution in [3.63, 3.8) is 0 Å². The maximum atomic E-state index is 5.54. The number of methoxy groups -OCH3 is 1. The van der Waals surface area contributed by atoms with Gasteiger partial charge < -0.3 is 10.5 Å². The standard InChI is InChI=1S/C13H19NO/c1-3-4-13(15-2)9-11-5-7-12(10-14)8-6-11/h4-8H,3,9-10,14H2,1-2H3/b13-4+. The lowest BCUT2D eigenvalue weighted by molar-refractivity contribution is 0.281. The lowest BCUT2D eigenvalue weighted by Gasteiger charge is -2.06. The van der Waals surface area contributed by atoms with E-state index < -0.39 is 0 Å². The Morgan fingerprint density at radius 1 is 1.27 bits per heavy atom. The fourth-order valence-electron chi connectivity index (χ4n) is 1.45. The average molecular weight is 205 g/mol. The first kappa shape index (κ1) is 11.8. The van der Waals surface area contributed by atoms with Crippen molar-refractivity contribution in [3.05, 3.63) is 47.2 Å². The van der Waals surface area contributed by atoms with Crippen LogP contribution in [0.1, 0.15) is 24.5 Å². The van der Waals surface area contributed by atoms with E-state index in [1.54, 1.807) is 7.11 Å². The summed E-state index contributed by atoms with van der Waals surface area (Å²) in [5, 5.41) is 0. The van der Waals surface area contributed by atoms with Gasteiger partial charge in [-0.3, -0.25) is 0 Å². The molecule has 0 bridgehead atoms. The molecular weight excluding hydrogens is 186 g/mol. The fourth-order valence-corrected chi connectivity index (χ4v) is 1.45. The molecule has 2 nitrogen and oxygen atoms in total. The van der Waals surface area contributed by atoms with Gasteiger partial charge in [0.15, 0.2) is 0 Å². The lowest BCUT2D eigenvalue weighted by atomic mass is 10.1. The van der Waals surface area contributed by atoms with Gasteiger partial charge in [-0.2, -0.15) is 0 Å². The van der Waals surface area contributed by atoms with Crippen molar-refractivity contribution in [3.8, 4) is 0 Å². The third kappa shape index (κ3) is 3.76. The molecule has 0 spiro atoms. The summed E-state index contributed by atoms with van der Waals surface area (Å²) in [6.07, 6.45) is 3.97. The van der Waals surface area contributed by atoms with Gasteiger partial charge in [-0.1, -0.05) is 31.2 Å². The summed E-state index contributed by atoms with van der Waals surface area (Å²) in [4.78, 5) is 0. The zero-order valence-electron chi connectivity index (χ0n) is 9.49. The van der Waals surface area contributed by atoms with Crippen LogP contribution in [0.2, 0.25) is 0 Å². The number of nitrogens with two attached hydrogens (primary N) is 1. The molecule has 0 fully saturated rings. The lowest BCUT2D eigenvalue weighted by Crippen LogP contribution is -1.97. The minimum absolute atomic E-state index is 0.599. The minimum Gasteiger partial charge on any atom is -0.501 e. The van der Waals surface area contributed by atoms with Crippen LogP contribution in [0.4, 0.5) is 0 Å². The molecule has 1 aromatic carbocycles. The van der Waals surface area contributed by atoms with Crippen LogP contribution in [0.5, 0.6) is 0 Å². The third-order valence-electron chi connectivity index (χ3n) is 2.33. The van der Waals surface area contributed by atoms with Crippen LogP contribution in [0.15, 0.2) is 36.1 Å². The van der Waals surface area contributed by atoms with Crippen LogP contribution < -0.4 is 5.73 Å². The molecule has 1 rings (SSSR count). The van der Waals surface area contributed by atoms with E-state index in [-0.39, 0.29) is 0 Å². The summed E-state index contributed by atoms with van der Waals surface area (Å²) in [6, 6.07) is 8.33. The van der Waals surface area contributed by atoms with Gasteiger partial charge in [0.1, 0.15) is 0 Å². The Labute approximate surface area is 91.7 Å². The second kappa shape index (κ2) is 6.25. The third-order valence-corrected chi connectivity index (χ3v) is 2.33. The van der Waals surface area contributed by atoms with Crippen molar-refractivity contribution in [2.24, 2.45) is 5.73 Å². The highest BCUT2D eigenvalue weighted by atomic mass is 16.5. The molecule has 1 aromatic rings. The van der Waals surface area contributed by atoms with E-state index in [1.807, 2.05) is 0 Å². The van der Waals surface area contributed by atoms with Gasteiger partial charge in [0, 0.05) is 13.0 Å². The molecule has 0 aliphatic rings. The fraction of sp³-hybridized carbons (Fsp3) is 0.385. The number of allylic oxidation sites excluding steroid dienone is 2. The topological polar surface area (TPSA) is 35.2 Å². The van der Waals surface area contributed by atoms with Crippen LogP contribution in [0.25, 0.3) is 0 Å². The summed E-state index contributed by atoms with van der Waals surface area (Å²) >= 11 is 0. The van der Waals surface area contributed by atoms with Crippen molar-refractivity contribution in [1.82, 2.24) is 0 Å². The quantitative estimate of drug-likeness (QED) is 0.750. The Balaban J connectivity index is 2.67. The Bertz CT molecular complexity index is 314. The van der Waals surface area contributed by atoms with Gasteiger partial charge in [0.25, 0.3) is 0 Å². The largest absolute Gasteiger partial charge is 0.501 e. The molecule has 15 heavy (non-hydrogen) atoms. The van der Waals surface area contributed by atoms with Gasteiger partial charge in [-0.05, 0) is 23.6 Å². The maximum absolute atomic E-state index is 5.54. The predicted octanol–water partition coefficient (Wildman–Crippen LogP) is 2.63. The van der Waals surface area contributed by atoms with Crippen molar-refractivity contribution < 1.29 is 4.74 Å². The van der Waals surface area contributed by atoms with Gasteiger partial charge in [-0.25, -0.2) is 0 Å². The molecule has 0 saturated heterocycles. The molecule has 0 heterocycles. The number of hydrogen-bond acceptors (Lipinski definition) is 2. The molecule has 0 radical (unpaired) electrons. The van der Waals surface area contributed by atoms with Gasteiger partial charge in [-0.15, -0.1) is 0 Å². The van der Waals surface area contributed by atoms with E-state index >= 15 is 0 Å². The normalized spacial score (nSPS) is 11.5. The molecule has 0 amide bonds. The first-order valence-electron chi connectivity index (χ1n) is 5.31. The van der Waals surface area contributed by atoms with Gasteiger partial charge in [0.2, 0.25) is 0 Å². The summed E-state index contributed by atoms with van der Waals surface area (Å²) in [6.45, 7) is 2.71. The van der Waals surface area contributed by atoms with Gasteiger partial charge in [0.05, 0.1) is 12.9 Å². The molecule has 0 aromatic heterocycles. The summed E-state index contributed by atoms with van der Waals surface area (Å²) in [5.41, 5.74) is 7.96. The van der Waals surface area contributed by atoms with Crippen LogP contribution >= 0.6 is 0 Å². The number of rotatable bonds is 5. The molecule has 2 N–H and O–H groups in total. The first-order chi connectivity index (χ1) is 7.30. The van der Waals surface area contributed by atoms with E-state index in [1.165, 1.54) is 5.56 Å². The SMILES string of the molecule is CC/C=C(\Cc1ccc(CN)cc1)OC. The van der Waals surface area contributed by atoms with E-state index in [0.717, 1.165) is 24.2 Å². The second-order valence-electron chi connectivity index (χ2n) is 3.48. The van der Waals surface area contributed by atoms with Crippen LogP contribution in [-0.4, -0.2) is 7.11 Å². The molecule has 0 aliphatic heterocycles. The highest BCUT2D eigenvalue weighted by molar-refractivity contribution is 5.25. The first-order valence-corrected chi connectivity index (χ1v) is 5.31. The van der Waals surface area contributed by atoms with Crippen LogP contribution in [-0.2, 0) is 17.7 Å². The molecule has 2 heteroatoms. The highest BCUT2D eigenvalue weighted by Crippen LogP contribution is 2.10. The predicted molar refractivity (Wildman–Crippen MR) is 63.4 cm³/mol.